The van der Waals surface area contributed by atoms with Crippen LogP contribution in [0.25, 0.3) is 66.1 Å². The normalized spacial score (nSPS) is 11.1. The van der Waals surface area contributed by atoms with Crippen LogP contribution in [0.2, 0.25) is 0 Å². The van der Waals surface area contributed by atoms with Crippen molar-refractivity contribution in [1.82, 2.24) is 9.13 Å². The third-order valence-corrected chi connectivity index (χ3v) is 8.40. The van der Waals surface area contributed by atoms with E-state index >= 15 is 0 Å². The quantitative estimate of drug-likeness (QED) is 0.216. The molecule has 0 N–H and O–H groups in total. The van der Waals surface area contributed by atoms with Gasteiger partial charge >= 0.3 is 0 Å². The molecule has 8 aromatic rings. The Bertz CT molecular complexity index is 2470. The lowest BCUT2D eigenvalue weighted by atomic mass is 9.99. The van der Waals surface area contributed by atoms with Crippen LogP contribution in [0.5, 0.6) is 0 Å². The molecule has 0 bridgehead atoms. The summed E-state index contributed by atoms with van der Waals surface area (Å²) in [4.78, 5) is 0. The van der Waals surface area contributed by atoms with Gasteiger partial charge < -0.3 is 9.13 Å². The number of rotatable bonds is 3. The molecule has 0 aliphatic carbocycles. The maximum atomic E-state index is 10.4. The Morgan fingerprint density at radius 2 is 1.00 bits per heavy atom. The van der Waals surface area contributed by atoms with Gasteiger partial charge in [0.25, 0.3) is 0 Å². The molecule has 0 aliphatic rings. The van der Waals surface area contributed by atoms with E-state index < -0.39 is 0 Å². The number of hydrogen-bond donors (Lipinski definition) is 0. The molecule has 0 saturated heterocycles. The molecule has 5 heteroatoms. The highest BCUT2D eigenvalue weighted by Gasteiger charge is 2.20. The van der Waals surface area contributed by atoms with Crippen molar-refractivity contribution in [2.24, 2.45) is 0 Å². The molecule has 0 spiro atoms. The van der Waals surface area contributed by atoms with Crippen LogP contribution in [0.15, 0.2) is 127 Å². The van der Waals surface area contributed by atoms with Crippen LogP contribution >= 0.6 is 0 Å². The van der Waals surface area contributed by atoms with Gasteiger partial charge in [-0.25, -0.2) is 0 Å². The van der Waals surface area contributed by atoms with E-state index in [2.05, 4.69) is 100 Å². The molecule has 8 rings (SSSR count). The van der Waals surface area contributed by atoms with E-state index in [0.29, 0.717) is 16.7 Å². The third-order valence-electron chi connectivity index (χ3n) is 8.40. The molecule has 44 heavy (non-hydrogen) atoms. The van der Waals surface area contributed by atoms with Crippen LogP contribution in [0.3, 0.4) is 0 Å². The topological polar surface area (TPSA) is 81.2 Å². The predicted octanol–water partition coefficient (Wildman–Crippen LogP) is 9.16. The van der Waals surface area contributed by atoms with Crippen molar-refractivity contribution in [3.63, 3.8) is 0 Å². The summed E-state index contributed by atoms with van der Waals surface area (Å²) in [6.45, 7) is 0. The van der Waals surface area contributed by atoms with Gasteiger partial charge in [-0.05, 0) is 72.3 Å². The molecule has 0 radical (unpaired) electrons. The molecule has 0 saturated carbocycles. The molecule has 6 aromatic carbocycles. The number of nitrogens with zero attached hydrogens (tertiary/aromatic N) is 5. The zero-order valence-corrected chi connectivity index (χ0v) is 23.4. The summed E-state index contributed by atoms with van der Waals surface area (Å²) < 4.78 is 4.38. The monoisotopic (exact) mass is 559 g/mol. The standard InChI is InChI=1S/C39H21N5/c40-22-25-15-17-37-33(19-25)34-20-26(23-41)16-18-38(34)44(37)39-28(24-42)8-6-12-30(39)27-7-5-9-29(21-27)43-35-13-3-1-10-31(35)32-11-2-4-14-36(32)43/h1-21H. The predicted molar refractivity (Wildman–Crippen MR) is 175 cm³/mol. The smallest absolute Gasteiger partial charge is 0.101 e. The van der Waals surface area contributed by atoms with Crippen molar-refractivity contribution in [1.29, 1.82) is 15.8 Å². The maximum absolute atomic E-state index is 10.4. The van der Waals surface area contributed by atoms with Crippen molar-refractivity contribution < 1.29 is 0 Å². The van der Waals surface area contributed by atoms with E-state index in [1.165, 1.54) is 10.8 Å². The molecular formula is C39H21N5. The maximum Gasteiger partial charge on any atom is 0.101 e. The Kier molecular flexibility index (Phi) is 5.56. The lowest BCUT2D eigenvalue weighted by molar-refractivity contribution is 1.16. The Hall–Kier alpha value is -6.61. The summed E-state index contributed by atoms with van der Waals surface area (Å²) in [5.74, 6) is 0. The minimum Gasteiger partial charge on any atom is -0.309 e. The highest BCUT2D eigenvalue weighted by molar-refractivity contribution is 6.11. The van der Waals surface area contributed by atoms with Crippen LogP contribution in [-0.4, -0.2) is 9.13 Å². The average Bonchev–Trinajstić information content (AvgIpc) is 3.59. The van der Waals surface area contributed by atoms with Gasteiger partial charge in [0, 0.05) is 32.8 Å². The van der Waals surface area contributed by atoms with Gasteiger partial charge in [0.1, 0.15) is 6.07 Å². The van der Waals surface area contributed by atoms with Gasteiger partial charge in [-0.1, -0.05) is 60.7 Å². The Morgan fingerprint density at radius 3 is 1.59 bits per heavy atom. The minimum absolute atomic E-state index is 0.525. The first-order valence-corrected chi connectivity index (χ1v) is 14.2. The van der Waals surface area contributed by atoms with E-state index in [4.69, 9.17) is 0 Å². The molecule has 0 fully saturated rings. The summed E-state index contributed by atoms with van der Waals surface area (Å²) in [7, 11) is 0. The first-order chi connectivity index (χ1) is 21.7. The van der Waals surface area contributed by atoms with Crippen molar-refractivity contribution >= 4 is 43.6 Å². The van der Waals surface area contributed by atoms with Crippen molar-refractivity contribution in [2.45, 2.75) is 0 Å². The molecule has 0 amide bonds. The Balaban J connectivity index is 1.43. The molecule has 0 atom stereocenters. The molecule has 2 aromatic heterocycles. The number of fused-ring (bicyclic) bond motifs is 6. The van der Waals surface area contributed by atoms with Crippen LogP contribution < -0.4 is 0 Å². The van der Waals surface area contributed by atoms with E-state index in [-0.39, 0.29) is 0 Å². The average molecular weight is 560 g/mol. The Labute approximate surface area is 252 Å². The van der Waals surface area contributed by atoms with Gasteiger partial charge in [0.05, 0.1) is 56.6 Å². The molecule has 0 unspecified atom stereocenters. The van der Waals surface area contributed by atoms with Crippen LogP contribution in [0, 0.1) is 34.0 Å². The largest absolute Gasteiger partial charge is 0.309 e. The molecule has 0 aliphatic heterocycles. The van der Waals surface area contributed by atoms with Crippen LogP contribution in [0.4, 0.5) is 0 Å². The van der Waals surface area contributed by atoms with E-state index in [1.54, 1.807) is 12.1 Å². The summed E-state index contributed by atoms with van der Waals surface area (Å²) in [6.07, 6.45) is 0. The fourth-order valence-corrected chi connectivity index (χ4v) is 6.52. The zero-order valence-electron chi connectivity index (χ0n) is 23.4. The van der Waals surface area contributed by atoms with Crippen molar-refractivity contribution in [2.75, 3.05) is 0 Å². The van der Waals surface area contributed by atoms with Gasteiger partial charge in [-0.2, -0.15) is 15.8 Å². The van der Waals surface area contributed by atoms with Gasteiger partial charge in [-0.15, -0.1) is 0 Å². The van der Waals surface area contributed by atoms with E-state index in [1.807, 2.05) is 42.5 Å². The van der Waals surface area contributed by atoms with E-state index in [0.717, 1.165) is 55.3 Å². The van der Waals surface area contributed by atoms with Crippen molar-refractivity contribution in [3.05, 3.63) is 144 Å². The highest BCUT2D eigenvalue weighted by Crippen LogP contribution is 2.39. The van der Waals surface area contributed by atoms with Crippen molar-refractivity contribution in [3.8, 4) is 40.7 Å². The minimum atomic E-state index is 0.525. The summed E-state index contributed by atoms with van der Waals surface area (Å²) >= 11 is 0. The highest BCUT2D eigenvalue weighted by atomic mass is 15.0. The SMILES string of the molecule is N#Cc1ccc2c(c1)c1cc(C#N)ccc1n2-c1c(C#N)cccc1-c1cccc(-n2c3ccccc3c3ccccc32)c1. The van der Waals surface area contributed by atoms with Gasteiger partial charge in [0.2, 0.25) is 0 Å². The zero-order chi connectivity index (χ0) is 29.8. The van der Waals surface area contributed by atoms with E-state index in [9.17, 15) is 15.8 Å². The summed E-state index contributed by atoms with van der Waals surface area (Å²) in [5.41, 5.74) is 9.20. The second kappa shape index (κ2) is 9.74. The molecule has 5 nitrogen and oxygen atoms in total. The molecule has 202 valence electrons. The molecular weight excluding hydrogens is 538 g/mol. The molecule has 2 heterocycles. The number of para-hydroxylation sites is 3. The van der Waals surface area contributed by atoms with Gasteiger partial charge in [0.15, 0.2) is 0 Å². The Morgan fingerprint density at radius 1 is 0.432 bits per heavy atom. The number of benzene rings is 6. The number of nitriles is 3. The summed E-state index contributed by atoms with van der Waals surface area (Å²) in [5, 5.41) is 33.8. The first-order valence-electron chi connectivity index (χ1n) is 14.2. The number of hydrogen-bond acceptors (Lipinski definition) is 3. The lowest BCUT2D eigenvalue weighted by Gasteiger charge is -2.17. The second-order valence-electron chi connectivity index (χ2n) is 10.8. The summed E-state index contributed by atoms with van der Waals surface area (Å²) in [6, 6.07) is 49.1. The fraction of sp³-hybridized carbons (Fsp3) is 0. The second-order valence-corrected chi connectivity index (χ2v) is 10.8. The fourth-order valence-electron chi connectivity index (χ4n) is 6.52. The number of aromatic nitrogens is 2. The third kappa shape index (κ3) is 3.63. The van der Waals surface area contributed by atoms with Gasteiger partial charge in [-0.3, -0.25) is 0 Å². The van der Waals surface area contributed by atoms with Crippen LogP contribution in [0.1, 0.15) is 16.7 Å². The van der Waals surface area contributed by atoms with Crippen LogP contribution in [-0.2, 0) is 0 Å². The first kappa shape index (κ1) is 25.1. The lowest BCUT2D eigenvalue weighted by Crippen LogP contribution is -2.01.